The zero-order valence-corrected chi connectivity index (χ0v) is 14.0. The number of carbonyl (C=O) groups excluding carboxylic acids is 1. The van der Waals surface area contributed by atoms with Crippen molar-refractivity contribution in [3.05, 3.63) is 64.5 Å². The van der Waals surface area contributed by atoms with E-state index >= 15 is 0 Å². The van der Waals surface area contributed by atoms with E-state index in [1.165, 1.54) is 16.7 Å². The van der Waals surface area contributed by atoms with Crippen molar-refractivity contribution in [1.29, 1.82) is 0 Å². The standard InChI is InChI=1S/C19H24N2O/c1-13-10-16(19(2,3)4)8-7-15(13)11-14-6-9-17(21-12-14)18(22)20-5/h6-10,12H,11H2,1-5H3,(H,20,22). The lowest BCUT2D eigenvalue weighted by atomic mass is 9.85. The van der Waals surface area contributed by atoms with Gasteiger partial charge < -0.3 is 5.32 Å². The molecule has 1 amide bonds. The minimum atomic E-state index is -0.155. The van der Waals surface area contributed by atoms with Crippen LogP contribution >= 0.6 is 0 Å². The Morgan fingerprint density at radius 1 is 1.18 bits per heavy atom. The van der Waals surface area contributed by atoms with Crippen molar-refractivity contribution in [3.63, 3.8) is 0 Å². The second-order valence-electron chi connectivity index (χ2n) is 6.70. The third kappa shape index (κ3) is 3.73. The Bertz CT molecular complexity index is 667. The molecular weight excluding hydrogens is 272 g/mol. The summed E-state index contributed by atoms with van der Waals surface area (Å²) >= 11 is 0. The van der Waals surface area contributed by atoms with Crippen LogP contribution in [-0.2, 0) is 11.8 Å². The van der Waals surface area contributed by atoms with Crippen molar-refractivity contribution in [1.82, 2.24) is 10.3 Å². The normalized spacial score (nSPS) is 11.3. The van der Waals surface area contributed by atoms with E-state index in [2.05, 4.69) is 56.2 Å². The van der Waals surface area contributed by atoms with Gasteiger partial charge in [-0.3, -0.25) is 9.78 Å². The molecule has 0 spiro atoms. The molecule has 1 aromatic carbocycles. The number of rotatable bonds is 3. The highest BCUT2D eigenvalue weighted by Crippen LogP contribution is 2.25. The molecule has 0 aliphatic rings. The Morgan fingerprint density at radius 3 is 2.41 bits per heavy atom. The van der Waals surface area contributed by atoms with Crippen LogP contribution < -0.4 is 5.32 Å². The smallest absolute Gasteiger partial charge is 0.269 e. The molecule has 0 atom stereocenters. The second kappa shape index (κ2) is 6.30. The zero-order valence-electron chi connectivity index (χ0n) is 14.0. The highest BCUT2D eigenvalue weighted by Gasteiger charge is 2.14. The summed E-state index contributed by atoms with van der Waals surface area (Å²) in [5.74, 6) is -0.155. The maximum Gasteiger partial charge on any atom is 0.269 e. The molecule has 0 radical (unpaired) electrons. The fourth-order valence-corrected chi connectivity index (χ4v) is 2.37. The molecule has 0 saturated carbocycles. The van der Waals surface area contributed by atoms with Crippen molar-refractivity contribution < 1.29 is 4.79 Å². The molecule has 22 heavy (non-hydrogen) atoms. The van der Waals surface area contributed by atoms with Crippen molar-refractivity contribution in [2.24, 2.45) is 0 Å². The van der Waals surface area contributed by atoms with E-state index in [1.807, 2.05) is 6.07 Å². The van der Waals surface area contributed by atoms with Crippen molar-refractivity contribution in [2.45, 2.75) is 39.5 Å². The van der Waals surface area contributed by atoms with Gasteiger partial charge in [-0.25, -0.2) is 0 Å². The molecule has 0 fully saturated rings. The van der Waals surface area contributed by atoms with Gasteiger partial charge in [-0.05, 0) is 47.1 Å². The number of amides is 1. The highest BCUT2D eigenvalue weighted by atomic mass is 16.1. The lowest BCUT2D eigenvalue weighted by Gasteiger charge is -2.20. The molecule has 0 aliphatic heterocycles. The van der Waals surface area contributed by atoms with Crippen LogP contribution in [0.15, 0.2) is 36.5 Å². The number of nitrogens with zero attached hydrogens (tertiary/aromatic N) is 1. The number of aromatic nitrogens is 1. The van der Waals surface area contributed by atoms with Gasteiger partial charge in [0.1, 0.15) is 5.69 Å². The average Bonchev–Trinajstić information content (AvgIpc) is 2.48. The maximum absolute atomic E-state index is 11.5. The summed E-state index contributed by atoms with van der Waals surface area (Å²) in [6, 6.07) is 10.4. The molecule has 3 nitrogen and oxygen atoms in total. The van der Waals surface area contributed by atoms with Gasteiger partial charge in [0, 0.05) is 13.2 Å². The summed E-state index contributed by atoms with van der Waals surface area (Å²) in [4.78, 5) is 15.7. The van der Waals surface area contributed by atoms with Gasteiger partial charge in [-0.15, -0.1) is 0 Å². The van der Waals surface area contributed by atoms with Gasteiger partial charge >= 0.3 is 0 Å². The molecule has 2 rings (SSSR count). The minimum Gasteiger partial charge on any atom is -0.354 e. The van der Waals surface area contributed by atoms with Crippen molar-refractivity contribution in [3.8, 4) is 0 Å². The predicted octanol–water partition coefficient (Wildman–Crippen LogP) is 3.64. The number of aryl methyl sites for hydroxylation is 1. The first-order valence-electron chi connectivity index (χ1n) is 7.58. The van der Waals surface area contributed by atoms with Crippen LogP contribution in [0.25, 0.3) is 0 Å². The van der Waals surface area contributed by atoms with E-state index < -0.39 is 0 Å². The number of benzene rings is 1. The van der Waals surface area contributed by atoms with Crippen LogP contribution in [0.2, 0.25) is 0 Å². The molecule has 116 valence electrons. The molecule has 0 unspecified atom stereocenters. The average molecular weight is 296 g/mol. The second-order valence-corrected chi connectivity index (χ2v) is 6.70. The molecule has 2 aromatic rings. The first-order valence-corrected chi connectivity index (χ1v) is 7.58. The van der Waals surface area contributed by atoms with Crippen LogP contribution in [0, 0.1) is 6.92 Å². The minimum absolute atomic E-state index is 0.155. The molecule has 0 saturated heterocycles. The topological polar surface area (TPSA) is 42.0 Å². The molecule has 3 heteroatoms. The van der Waals surface area contributed by atoms with E-state index in [9.17, 15) is 4.79 Å². The Kier molecular flexibility index (Phi) is 4.65. The van der Waals surface area contributed by atoms with Crippen LogP contribution in [0.5, 0.6) is 0 Å². The fraction of sp³-hybridized carbons (Fsp3) is 0.368. The fourth-order valence-electron chi connectivity index (χ4n) is 2.37. The third-order valence-corrected chi connectivity index (χ3v) is 3.89. The quantitative estimate of drug-likeness (QED) is 0.939. The lowest BCUT2D eigenvalue weighted by molar-refractivity contribution is 0.0958. The summed E-state index contributed by atoms with van der Waals surface area (Å²) in [5, 5.41) is 2.58. The van der Waals surface area contributed by atoms with Crippen molar-refractivity contribution in [2.75, 3.05) is 7.05 Å². The number of hydrogen-bond acceptors (Lipinski definition) is 2. The summed E-state index contributed by atoms with van der Waals surface area (Å²) < 4.78 is 0. The number of hydrogen-bond donors (Lipinski definition) is 1. The van der Waals surface area contributed by atoms with Crippen LogP contribution in [0.1, 0.15) is 53.5 Å². The molecule has 0 aliphatic carbocycles. The lowest BCUT2D eigenvalue weighted by Crippen LogP contribution is -2.19. The van der Waals surface area contributed by atoms with E-state index in [1.54, 1.807) is 19.3 Å². The number of pyridine rings is 1. The van der Waals surface area contributed by atoms with E-state index in [-0.39, 0.29) is 11.3 Å². The van der Waals surface area contributed by atoms with Gasteiger partial charge in [0.15, 0.2) is 0 Å². The van der Waals surface area contributed by atoms with E-state index in [0.717, 1.165) is 12.0 Å². The van der Waals surface area contributed by atoms with Crippen LogP contribution in [0.4, 0.5) is 0 Å². The first kappa shape index (κ1) is 16.2. The van der Waals surface area contributed by atoms with Crippen molar-refractivity contribution >= 4 is 5.91 Å². The van der Waals surface area contributed by atoms with Gasteiger partial charge in [0.2, 0.25) is 0 Å². The largest absolute Gasteiger partial charge is 0.354 e. The van der Waals surface area contributed by atoms with E-state index in [0.29, 0.717) is 5.69 Å². The highest BCUT2D eigenvalue weighted by molar-refractivity contribution is 5.91. The number of nitrogens with one attached hydrogen (secondary N) is 1. The van der Waals surface area contributed by atoms with Gasteiger partial charge in [-0.1, -0.05) is 45.0 Å². The third-order valence-electron chi connectivity index (χ3n) is 3.89. The summed E-state index contributed by atoms with van der Waals surface area (Å²) in [5.41, 5.74) is 5.66. The molecule has 0 bridgehead atoms. The van der Waals surface area contributed by atoms with Crippen LogP contribution in [0.3, 0.4) is 0 Å². The molecule has 1 N–H and O–H groups in total. The number of carbonyl (C=O) groups is 1. The monoisotopic (exact) mass is 296 g/mol. The Labute approximate surface area is 132 Å². The summed E-state index contributed by atoms with van der Waals surface area (Å²) in [6.45, 7) is 8.82. The van der Waals surface area contributed by atoms with Crippen LogP contribution in [-0.4, -0.2) is 17.9 Å². The van der Waals surface area contributed by atoms with Gasteiger partial charge in [0.25, 0.3) is 5.91 Å². The maximum atomic E-state index is 11.5. The Morgan fingerprint density at radius 2 is 1.91 bits per heavy atom. The Hall–Kier alpha value is -2.16. The Balaban J connectivity index is 2.19. The predicted molar refractivity (Wildman–Crippen MR) is 90.3 cm³/mol. The SMILES string of the molecule is CNC(=O)c1ccc(Cc2ccc(C(C)(C)C)cc2C)cn1. The van der Waals surface area contributed by atoms with Gasteiger partial charge in [0.05, 0.1) is 0 Å². The molecule has 1 heterocycles. The summed E-state index contributed by atoms with van der Waals surface area (Å²) in [7, 11) is 1.61. The molecular formula is C19H24N2O. The van der Waals surface area contributed by atoms with E-state index in [4.69, 9.17) is 0 Å². The summed E-state index contributed by atoms with van der Waals surface area (Å²) in [6.07, 6.45) is 2.61. The zero-order chi connectivity index (χ0) is 16.3. The molecule has 1 aromatic heterocycles. The first-order chi connectivity index (χ1) is 10.3. The van der Waals surface area contributed by atoms with Gasteiger partial charge in [-0.2, -0.15) is 0 Å².